The molecule has 0 bridgehead atoms. The summed E-state index contributed by atoms with van der Waals surface area (Å²) in [6, 6.07) is 4.13. The van der Waals surface area contributed by atoms with Gasteiger partial charge in [0.2, 0.25) is 0 Å². The van der Waals surface area contributed by atoms with Crippen LogP contribution in [0.3, 0.4) is 0 Å². The van der Waals surface area contributed by atoms with Crippen LogP contribution < -0.4 is 14.8 Å². The zero-order valence-electron chi connectivity index (χ0n) is 13.1. The van der Waals surface area contributed by atoms with E-state index in [1.165, 1.54) is 25.3 Å². The molecule has 1 aromatic rings. The molecule has 1 saturated heterocycles. The summed E-state index contributed by atoms with van der Waals surface area (Å²) >= 11 is 0. The number of nitrogens with one attached hydrogen (secondary N) is 1. The van der Waals surface area contributed by atoms with Crippen LogP contribution in [0.15, 0.2) is 18.2 Å². The Labute approximate surface area is 133 Å². The lowest BCUT2D eigenvalue weighted by Crippen LogP contribution is -2.45. The van der Waals surface area contributed by atoms with Gasteiger partial charge in [0.25, 0.3) is 5.91 Å². The molecule has 0 aliphatic carbocycles. The summed E-state index contributed by atoms with van der Waals surface area (Å²) in [7, 11) is 3.32. The standard InChI is InChI=1S/C15H20F2N2O4/c1-19-5-6-22-11(9-19)8-18-14(20)10-3-4-12(21-2)13(7-10)23-15(16)17/h3-4,7,11,15H,5-6,8-9H2,1-2H3,(H,18,20). The molecule has 1 aromatic carbocycles. The number of hydrogen-bond acceptors (Lipinski definition) is 5. The highest BCUT2D eigenvalue weighted by Crippen LogP contribution is 2.29. The normalized spacial score (nSPS) is 18.7. The maximum Gasteiger partial charge on any atom is 0.387 e. The first-order valence-corrected chi connectivity index (χ1v) is 7.20. The van der Waals surface area contributed by atoms with Gasteiger partial charge < -0.3 is 24.4 Å². The number of morpholine rings is 1. The van der Waals surface area contributed by atoms with Crippen LogP contribution in [0, 0.1) is 0 Å². The Balaban J connectivity index is 1.98. The molecule has 1 atom stereocenters. The molecular formula is C15H20F2N2O4. The number of methoxy groups -OCH3 is 1. The highest BCUT2D eigenvalue weighted by molar-refractivity contribution is 5.94. The smallest absolute Gasteiger partial charge is 0.387 e. The third kappa shape index (κ3) is 5.04. The number of ether oxygens (including phenoxy) is 3. The number of hydrogen-bond donors (Lipinski definition) is 1. The van der Waals surface area contributed by atoms with Gasteiger partial charge in [0.1, 0.15) is 0 Å². The molecule has 0 saturated carbocycles. The predicted molar refractivity (Wildman–Crippen MR) is 79.2 cm³/mol. The van der Waals surface area contributed by atoms with Crippen LogP contribution in [-0.2, 0) is 4.74 Å². The average molecular weight is 330 g/mol. The van der Waals surface area contributed by atoms with Gasteiger partial charge in [-0.05, 0) is 25.2 Å². The molecule has 8 heteroatoms. The van der Waals surface area contributed by atoms with E-state index in [2.05, 4.69) is 15.0 Å². The van der Waals surface area contributed by atoms with E-state index in [0.717, 1.165) is 13.1 Å². The largest absolute Gasteiger partial charge is 0.493 e. The van der Waals surface area contributed by atoms with E-state index in [4.69, 9.17) is 9.47 Å². The van der Waals surface area contributed by atoms with Crippen LogP contribution in [0.25, 0.3) is 0 Å². The number of halogens is 2. The third-order valence-electron chi connectivity index (χ3n) is 3.47. The Morgan fingerprint density at radius 3 is 2.91 bits per heavy atom. The van der Waals surface area contributed by atoms with Crippen molar-refractivity contribution in [1.82, 2.24) is 10.2 Å². The summed E-state index contributed by atoms with van der Waals surface area (Å²) < 4.78 is 39.6. The summed E-state index contributed by atoms with van der Waals surface area (Å²) in [6.45, 7) is -0.445. The zero-order valence-corrected chi connectivity index (χ0v) is 13.1. The molecule has 1 heterocycles. The summed E-state index contributed by atoms with van der Waals surface area (Å²) in [6.07, 6.45) is -0.0901. The Hall–Kier alpha value is -1.93. The number of carbonyl (C=O) groups is 1. The van der Waals surface area contributed by atoms with E-state index in [0.29, 0.717) is 13.2 Å². The fourth-order valence-electron chi connectivity index (χ4n) is 2.30. The number of amides is 1. The first kappa shape index (κ1) is 17.4. The summed E-state index contributed by atoms with van der Waals surface area (Å²) in [5.74, 6) is -0.425. The SMILES string of the molecule is COc1ccc(C(=O)NCC2CN(C)CCO2)cc1OC(F)F. The van der Waals surface area contributed by atoms with E-state index >= 15 is 0 Å². The van der Waals surface area contributed by atoms with E-state index < -0.39 is 6.61 Å². The quantitative estimate of drug-likeness (QED) is 0.853. The molecular weight excluding hydrogens is 310 g/mol. The lowest BCUT2D eigenvalue weighted by atomic mass is 10.2. The molecule has 0 aromatic heterocycles. The molecule has 0 radical (unpaired) electrons. The van der Waals surface area contributed by atoms with Crippen molar-refractivity contribution in [3.63, 3.8) is 0 Å². The van der Waals surface area contributed by atoms with Gasteiger partial charge in [-0.15, -0.1) is 0 Å². The lowest BCUT2D eigenvalue weighted by Gasteiger charge is -2.30. The van der Waals surface area contributed by atoms with Crippen LogP contribution in [0.1, 0.15) is 10.4 Å². The van der Waals surface area contributed by atoms with Crippen molar-refractivity contribution in [2.24, 2.45) is 0 Å². The molecule has 1 aliphatic heterocycles. The fraction of sp³-hybridized carbons (Fsp3) is 0.533. The number of benzene rings is 1. The number of nitrogens with zero attached hydrogens (tertiary/aromatic N) is 1. The monoisotopic (exact) mass is 330 g/mol. The Morgan fingerprint density at radius 1 is 1.48 bits per heavy atom. The lowest BCUT2D eigenvalue weighted by molar-refractivity contribution is -0.0512. The molecule has 1 amide bonds. The summed E-state index contributed by atoms with van der Waals surface area (Å²) in [4.78, 5) is 14.3. The maximum absolute atomic E-state index is 12.4. The Kier molecular flexibility index (Phi) is 6.12. The van der Waals surface area contributed by atoms with Crippen LogP contribution in [0.4, 0.5) is 8.78 Å². The van der Waals surface area contributed by atoms with Crippen LogP contribution in [0.2, 0.25) is 0 Å². The van der Waals surface area contributed by atoms with Gasteiger partial charge >= 0.3 is 6.61 Å². The Bertz CT molecular complexity index is 542. The van der Waals surface area contributed by atoms with Crippen molar-refractivity contribution in [2.75, 3.05) is 40.4 Å². The minimum atomic E-state index is -2.99. The van der Waals surface area contributed by atoms with Crippen LogP contribution in [-0.4, -0.2) is 63.9 Å². The van der Waals surface area contributed by atoms with Gasteiger partial charge in [-0.2, -0.15) is 8.78 Å². The van der Waals surface area contributed by atoms with Gasteiger partial charge in [-0.3, -0.25) is 4.79 Å². The predicted octanol–water partition coefficient (Wildman–Crippen LogP) is 1.36. The van der Waals surface area contributed by atoms with Crippen LogP contribution in [0.5, 0.6) is 11.5 Å². The zero-order chi connectivity index (χ0) is 16.8. The topological polar surface area (TPSA) is 60.0 Å². The van der Waals surface area contributed by atoms with E-state index in [1.54, 1.807) is 0 Å². The average Bonchev–Trinajstić information content (AvgIpc) is 2.52. The van der Waals surface area contributed by atoms with Crippen molar-refractivity contribution < 1.29 is 27.8 Å². The van der Waals surface area contributed by atoms with Gasteiger partial charge in [0, 0.05) is 25.2 Å². The fourth-order valence-corrected chi connectivity index (χ4v) is 2.30. The molecule has 23 heavy (non-hydrogen) atoms. The van der Waals surface area contributed by atoms with Gasteiger partial charge in [-0.1, -0.05) is 0 Å². The molecule has 128 valence electrons. The van der Waals surface area contributed by atoms with E-state index in [1.807, 2.05) is 7.05 Å². The van der Waals surface area contributed by atoms with E-state index in [-0.39, 0.29) is 29.1 Å². The Morgan fingerprint density at radius 2 is 2.26 bits per heavy atom. The first-order valence-electron chi connectivity index (χ1n) is 7.20. The molecule has 1 aliphatic rings. The molecule has 1 fully saturated rings. The third-order valence-corrected chi connectivity index (χ3v) is 3.47. The van der Waals surface area contributed by atoms with Crippen LogP contribution >= 0.6 is 0 Å². The number of likely N-dealkylation sites (N-methyl/N-ethyl adjacent to an activating group) is 1. The van der Waals surface area contributed by atoms with Gasteiger partial charge in [0.15, 0.2) is 11.5 Å². The minimum Gasteiger partial charge on any atom is -0.493 e. The summed E-state index contributed by atoms with van der Waals surface area (Å²) in [5.41, 5.74) is 0.214. The van der Waals surface area contributed by atoms with Gasteiger partial charge in [0.05, 0.1) is 19.8 Å². The van der Waals surface area contributed by atoms with Crippen molar-refractivity contribution in [3.05, 3.63) is 23.8 Å². The molecule has 1 unspecified atom stereocenters. The van der Waals surface area contributed by atoms with Crippen molar-refractivity contribution in [1.29, 1.82) is 0 Å². The molecule has 2 rings (SSSR count). The molecule has 1 N–H and O–H groups in total. The van der Waals surface area contributed by atoms with Gasteiger partial charge in [-0.25, -0.2) is 0 Å². The second-order valence-corrected chi connectivity index (χ2v) is 5.21. The highest BCUT2D eigenvalue weighted by atomic mass is 19.3. The van der Waals surface area contributed by atoms with Crippen molar-refractivity contribution in [3.8, 4) is 11.5 Å². The first-order chi connectivity index (χ1) is 11.0. The minimum absolute atomic E-state index is 0.0901. The maximum atomic E-state index is 12.4. The van der Waals surface area contributed by atoms with Crippen molar-refractivity contribution in [2.45, 2.75) is 12.7 Å². The highest BCUT2D eigenvalue weighted by Gasteiger charge is 2.19. The van der Waals surface area contributed by atoms with E-state index in [9.17, 15) is 13.6 Å². The number of alkyl halides is 2. The second-order valence-electron chi connectivity index (χ2n) is 5.21. The summed E-state index contributed by atoms with van der Waals surface area (Å²) in [5, 5.41) is 2.73. The molecule has 0 spiro atoms. The van der Waals surface area contributed by atoms with Crippen molar-refractivity contribution >= 4 is 5.91 Å². The number of carbonyl (C=O) groups excluding carboxylic acids is 1. The number of rotatable bonds is 6. The second kappa shape index (κ2) is 8.07. The molecule has 6 nitrogen and oxygen atoms in total.